The third-order valence-corrected chi connectivity index (χ3v) is 4.50. The maximum absolute atomic E-state index is 6.12. The third-order valence-electron chi connectivity index (χ3n) is 3.46. The predicted octanol–water partition coefficient (Wildman–Crippen LogP) is 6.02. The van der Waals surface area contributed by atoms with Gasteiger partial charge in [-0.15, -0.1) is 0 Å². The number of fused-ring (bicyclic) bond motifs is 1. The summed E-state index contributed by atoms with van der Waals surface area (Å²) in [6, 6.07) is 14.8. The fourth-order valence-corrected chi connectivity index (χ4v) is 2.86. The van der Waals surface area contributed by atoms with Gasteiger partial charge >= 0.3 is 0 Å². The third kappa shape index (κ3) is 3.52. The van der Waals surface area contributed by atoms with Crippen LogP contribution in [0.25, 0.3) is 0 Å². The van der Waals surface area contributed by atoms with E-state index in [-0.39, 0.29) is 6.04 Å². The van der Waals surface area contributed by atoms with Gasteiger partial charge in [0.25, 0.3) is 0 Å². The van der Waals surface area contributed by atoms with Crippen molar-refractivity contribution in [2.75, 3.05) is 5.32 Å². The quantitative estimate of drug-likeness (QED) is 0.607. The number of alkyl halides is 3. The van der Waals surface area contributed by atoms with Crippen molar-refractivity contribution in [3.05, 3.63) is 59.1 Å². The van der Waals surface area contributed by atoms with Crippen molar-refractivity contribution in [3.63, 3.8) is 0 Å². The SMILES string of the molecule is Clc1ccc(C2=Nc3ccccc3NC(C(Cl)(Cl)Cl)C2)cc1. The van der Waals surface area contributed by atoms with Crippen LogP contribution in [0.5, 0.6) is 0 Å². The molecule has 0 spiro atoms. The van der Waals surface area contributed by atoms with Gasteiger partial charge in [0.1, 0.15) is 0 Å². The number of nitrogens with one attached hydrogen (secondary N) is 1. The van der Waals surface area contributed by atoms with Gasteiger partial charge in [-0.05, 0) is 29.8 Å². The molecule has 2 nitrogen and oxygen atoms in total. The van der Waals surface area contributed by atoms with Crippen LogP contribution >= 0.6 is 46.4 Å². The number of benzene rings is 2. The van der Waals surface area contributed by atoms with Gasteiger partial charge in [-0.3, -0.25) is 4.99 Å². The van der Waals surface area contributed by atoms with Gasteiger partial charge < -0.3 is 5.32 Å². The topological polar surface area (TPSA) is 24.4 Å². The molecule has 1 aliphatic heterocycles. The second-order valence-corrected chi connectivity index (χ2v) is 7.83. The zero-order chi connectivity index (χ0) is 15.7. The highest BCUT2D eigenvalue weighted by Crippen LogP contribution is 2.39. The Bertz CT molecular complexity index is 705. The zero-order valence-corrected chi connectivity index (χ0v) is 14.4. The molecule has 1 unspecified atom stereocenters. The molecule has 1 heterocycles. The van der Waals surface area contributed by atoms with Crippen molar-refractivity contribution in [2.24, 2.45) is 4.99 Å². The Morgan fingerprint density at radius 3 is 2.36 bits per heavy atom. The summed E-state index contributed by atoms with van der Waals surface area (Å²) < 4.78 is -1.44. The van der Waals surface area contributed by atoms with Crippen LogP contribution in [0.4, 0.5) is 11.4 Å². The van der Waals surface area contributed by atoms with E-state index in [9.17, 15) is 0 Å². The highest BCUT2D eigenvalue weighted by molar-refractivity contribution is 6.68. The first kappa shape index (κ1) is 15.9. The van der Waals surface area contributed by atoms with Crippen molar-refractivity contribution < 1.29 is 0 Å². The summed E-state index contributed by atoms with van der Waals surface area (Å²) in [7, 11) is 0. The van der Waals surface area contributed by atoms with Gasteiger partial charge in [-0.1, -0.05) is 70.7 Å². The monoisotopic (exact) mass is 372 g/mol. The van der Waals surface area contributed by atoms with Crippen LogP contribution in [0.2, 0.25) is 5.02 Å². The minimum atomic E-state index is -1.44. The lowest BCUT2D eigenvalue weighted by Crippen LogP contribution is -2.35. The Morgan fingerprint density at radius 2 is 1.68 bits per heavy atom. The van der Waals surface area contributed by atoms with Crippen LogP contribution in [0, 0.1) is 0 Å². The van der Waals surface area contributed by atoms with Crippen molar-refractivity contribution in [1.29, 1.82) is 0 Å². The summed E-state index contributed by atoms with van der Waals surface area (Å²) in [4.78, 5) is 4.74. The van der Waals surface area contributed by atoms with Crippen LogP contribution in [-0.2, 0) is 0 Å². The van der Waals surface area contributed by atoms with Crippen molar-refractivity contribution >= 4 is 63.5 Å². The summed E-state index contributed by atoms with van der Waals surface area (Å²) in [6.45, 7) is 0. The number of halogens is 4. The smallest absolute Gasteiger partial charge is 0.210 e. The first-order chi connectivity index (χ1) is 10.4. The fourth-order valence-electron chi connectivity index (χ4n) is 2.34. The van der Waals surface area contributed by atoms with E-state index in [2.05, 4.69) is 5.32 Å². The molecule has 0 bridgehead atoms. The molecule has 2 aromatic rings. The normalized spacial score (nSPS) is 18.0. The number of nitrogens with zero attached hydrogens (tertiary/aromatic N) is 1. The Labute approximate surface area is 149 Å². The molecule has 0 fully saturated rings. The molecule has 114 valence electrons. The van der Waals surface area contributed by atoms with Crippen LogP contribution in [0.15, 0.2) is 53.5 Å². The molecular weight excluding hydrogens is 362 g/mol. The standard InChI is InChI=1S/C16H12Cl4N2/c17-11-7-5-10(6-8-11)14-9-15(16(18,19)20)22-13-4-2-1-3-12(13)21-14/h1-8,15,22H,9H2. The maximum atomic E-state index is 6.12. The summed E-state index contributed by atoms with van der Waals surface area (Å²) in [5.41, 5.74) is 3.49. The number of anilines is 1. The molecule has 3 rings (SSSR count). The molecule has 2 aromatic carbocycles. The Morgan fingerprint density at radius 1 is 1.00 bits per heavy atom. The molecule has 0 saturated heterocycles. The highest BCUT2D eigenvalue weighted by Gasteiger charge is 2.35. The molecule has 1 aliphatic rings. The van der Waals surface area contributed by atoms with E-state index in [1.807, 2.05) is 48.5 Å². The molecule has 0 saturated carbocycles. The second kappa shape index (κ2) is 6.29. The van der Waals surface area contributed by atoms with Gasteiger partial charge in [0.2, 0.25) is 3.79 Å². The molecule has 1 atom stereocenters. The van der Waals surface area contributed by atoms with Gasteiger partial charge in [0.15, 0.2) is 0 Å². The molecule has 0 aliphatic carbocycles. The zero-order valence-electron chi connectivity index (χ0n) is 11.4. The van der Waals surface area contributed by atoms with Gasteiger partial charge in [0, 0.05) is 11.4 Å². The summed E-state index contributed by atoms with van der Waals surface area (Å²) in [5.74, 6) is 0. The Balaban J connectivity index is 2.07. The Kier molecular flexibility index (Phi) is 4.56. The number of rotatable bonds is 1. The van der Waals surface area contributed by atoms with Crippen molar-refractivity contribution in [1.82, 2.24) is 0 Å². The summed E-state index contributed by atoms with van der Waals surface area (Å²) in [6.07, 6.45) is 0.493. The average Bonchev–Trinajstić information content (AvgIpc) is 2.67. The highest BCUT2D eigenvalue weighted by atomic mass is 35.6. The lowest BCUT2D eigenvalue weighted by atomic mass is 10.0. The van der Waals surface area contributed by atoms with E-state index in [0.717, 1.165) is 22.6 Å². The molecule has 22 heavy (non-hydrogen) atoms. The molecule has 1 N–H and O–H groups in total. The van der Waals surface area contributed by atoms with Crippen LogP contribution < -0.4 is 5.32 Å². The molecule has 6 heteroatoms. The predicted molar refractivity (Wildman–Crippen MR) is 96.4 cm³/mol. The second-order valence-electron chi connectivity index (χ2n) is 5.03. The van der Waals surface area contributed by atoms with Gasteiger partial charge in [-0.2, -0.15) is 0 Å². The number of hydrogen-bond acceptors (Lipinski definition) is 2. The van der Waals surface area contributed by atoms with E-state index in [0.29, 0.717) is 11.4 Å². The van der Waals surface area contributed by atoms with E-state index >= 15 is 0 Å². The fraction of sp³-hybridized carbons (Fsp3) is 0.188. The summed E-state index contributed by atoms with van der Waals surface area (Å²) >= 11 is 24.3. The van der Waals surface area contributed by atoms with E-state index in [1.165, 1.54) is 0 Å². The molecular formula is C16H12Cl4N2. The van der Waals surface area contributed by atoms with Crippen molar-refractivity contribution in [3.8, 4) is 0 Å². The first-order valence-corrected chi connectivity index (χ1v) is 8.20. The van der Waals surface area contributed by atoms with Gasteiger partial charge in [0.05, 0.1) is 23.1 Å². The Hall–Kier alpha value is -0.930. The maximum Gasteiger partial charge on any atom is 0.210 e. The summed E-state index contributed by atoms with van der Waals surface area (Å²) in [5, 5.41) is 3.95. The number of aliphatic imine (C=N–C) groups is 1. The lowest BCUT2D eigenvalue weighted by Gasteiger charge is -2.25. The van der Waals surface area contributed by atoms with E-state index in [4.69, 9.17) is 51.4 Å². The minimum Gasteiger partial charge on any atom is -0.376 e. The molecule has 0 radical (unpaired) electrons. The van der Waals surface area contributed by atoms with E-state index < -0.39 is 3.79 Å². The first-order valence-electron chi connectivity index (χ1n) is 6.69. The van der Waals surface area contributed by atoms with Crippen LogP contribution in [0.1, 0.15) is 12.0 Å². The largest absolute Gasteiger partial charge is 0.376 e. The molecule has 0 amide bonds. The van der Waals surface area contributed by atoms with Crippen LogP contribution in [0.3, 0.4) is 0 Å². The van der Waals surface area contributed by atoms with E-state index in [1.54, 1.807) is 0 Å². The van der Waals surface area contributed by atoms with Crippen LogP contribution in [-0.4, -0.2) is 15.5 Å². The molecule has 0 aromatic heterocycles. The van der Waals surface area contributed by atoms with Crippen molar-refractivity contribution in [2.45, 2.75) is 16.3 Å². The number of hydrogen-bond donors (Lipinski definition) is 1. The lowest BCUT2D eigenvalue weighted by molar-refractivity contribution is 0.775. The minimum absolute atomic E-state index is 0.379. The number of para-hydroxylation sites is 2. The van der Waals surface area contributed by atoms with Gasteiger partial charge in [-0.25, -0.2) is 0 Å². The average molecular weight is 374 g/mol.